The van der Waals surface area contributed by atoms with Crippen LogP contribution >= 0.6 is 0 Å². The maximum absolute atomic E-state index is 11.2. The largest absolute Gasteiger partial charge is 0.469 e. The molecule has 84 valence electrons. The minimum Gasteiger partial charge on any atom is -0.469 e. The Kier molecular flexibility index (Phi) is 3.82. The second kappa shape index (κ2) is 4.91. The molecule has 5 heteroatoms. The van der Waals surface area contributed by atoms with Crippen molar-refractivity contribution < 1.29 is 9.53 Å². The Morgan fingerprint density at radius 1 is 1.53 bits per heavy atom. The molecular formula is C10H17N3O2. The zero-order chi connectivity index (χ0) is 11.4. The lowest BCUT2D eigenvalue weighted by molar-refractivity contribution is -0.144. The average molecular weight is 211 g/mol. The van der Waals surface area contributed by atoms with Crippen LogP contribution in [0.3, 0.4) is 0 Å². The third-order valence-corrected chi connectivity index (χ3v) is 2.21. The molecule has 0 N–H and O–H groups in total. The van der Waals surface area contributed by atoms with Crippen LogP contribution in [0.25, 0.3) is 0 Å². The van der Waals surface area contributed by atoms with E-state index in [-0.39, 0.29) is 11.9 Å². The third kappa shape index (κ3) is 3.04. The van der Waals surface area contributed by atoms with Gasteiger partial charge in [-0.2, -0.15) is 0 Å². The molecule has 1 aromatic heterocycles. The average Bonchev–Trinajstić information content (AvgIpc) is 2.65. The summed E-state index contributed by atoms with van der Waals surface area (Å²) >= 11 is 0. The lowest BCUT2D eigenvalue weighted by Crippen LogP contribution is -2.15. The normalized spacial score (nSPS) is 12.9. The fourth-order valence-electron chi connectivity index (χ4n) is 1.26. The van der Waals surface area contributed by atoms with E-state index >= 15 is 0 Å². The van der Waals surface area contributed by atoms with Crippen molar-refractivity contribution in [1.29, 1.82) is 0 Å². The lowest BCUT2D eigenvalue weighted by Gasteiger charge is -2.05. The van der Waals surface area contributed by atoms with Crippen LogP contribution in [-0.4, -0.2) is 28.1 Å². The summed E-state index contributed by atoms with van der Waals surface area (Å²) in [7, 11) is 1.39. The molecule has 0 saturated heterocycles. The molecule has 0 aromatic carbocycles. The van der Waals surface area contributed by atoms with E-state index in [2.05, 4.69) is 15.0 Å². The first kappa shape index (κ1) is 11.7. The third-order valence-electron chi connectivity index (χ3n) is 2.21. The van der Waals surface area contributed by atoms with Gasteiger partial charge in [0, 0.05) is 18.7 Å². The van der Waals surface area contributed by atoms with E-state index in [0.29, 0.717) is 12.5 Å². The van der Waals surface area contributed by atoms with Crippen LogP contribution in [0, 0.1) is 5.92 Å². The summed E-state index contributed by atoms with van der Waals surface area (Å²) in [6.07, 6.45) is 2.43. The smallest absolute Gasteiger partial charge is 0.308 e. The van der Waals surface area contributed by atoms with Gasteiger partial charge in [-0.1, -0.05) is 12.1 Å². The van der Waals surface area contributed by atoms with Gasteiger partial charge in [0.1, 0.15) is 0 Å². The highest BCUT2D eigenvalue weighted by Gasteiger charge is 2.15. The summed E-state index contributed by atoms with van der Waals surface area (Å²) in [6.45, 7) is 5.88. The van der Waals surface area contributed by atoms with Crippen molar-refractivity contribution in [2.75, 3.05) is 7.11 Å². The molecule has 0 aliphatic rings. The summed E-state index contributed by atoms with van der Waals surface area (Å²) in [5.74, 6) is -0.388. The van der Waals surface area contributed by atoms with Crippen molar-refractivity contribution in [3.8, 4) is 0 Å². The number of methoxy groups -OCH3 is 1. The predicted octanol–water partition coefficient (Wildman–Crippen LogP) is 1.21. The highest BCUT2D eigenvalue weighted by atomic mass is 16.5. The molecule has 0 radical (unpaired) electrons. The number of carbonyl (C=O) groups is 1. The van der Waals surface area contributed by atoms with Gasteiger partial charge in [0.25, 0.3) is 0 Å². The maximum atomic E-state index is 11.2. The molecule has 0 bridgehead atoms. The van der Waals surface area contributed by atoms with Crippen LogP contribution in [-0.2, 0) is 16.0 Å². The van der Waals surface area contributed by atoms with Gasteiger partial charge in [0.2, 0.25) is 0 Å². The molecule has 0 aliphatic carbocycles. The molecule has 0 amide bonds. The molecule has 1 rings (SSSR count). The number of hydrogen-bond acceptors (Lipinski definition) is 4. The molecule has 15 heavy (non-hydrogen) atoms. The summed E-state index contributed by atoms with van der Waals surface area (Å²) < 4.78 is 6.42. The number of esters is 1. The minimum absolute atomic E-state index is 0.174. The number of hydrogen-bond donors (Lipinski definition) is 0. The van der Waals surface area contributed by atoms with E-state index in [0.717, 1.165) is 5.69 Å². The molecular weight excluding hydrogens is 194 g/mol. The van der Waals surface area contributed by atoms with E-state index in [1.807, 2.05) is 27.0 Å². The van der Waals surface area contributed by atoms with Gasteiger partial charge in [0.05, 0.1) is 18.7 Å². The molecule has 1 heterocycles. The van der Waals surface area contributed by atoms with Crippen molar-refractivity contribution in [1.82, 2.24) is 15.0 Å². The second-order valence-corrected chi connectivity index (χ2v) is 3.91. The van der Waals surface area contributed by atoms with Crippen molar-refractivity contribution >= 4 is 5.97 Å². The molecule has 5 nitrogen and oxygen atoms in total. The highest BCUT2D eigenvalue weighted by molar-refractivity contribution is 5.72. The Hall–Kier alpha value is -1.39. The van der Waals surface area contributed by atoms with Gasteiger partial charge in [0.15, 0.2) is 0 Å². The first-order valence-corrected chi connectivity index (χ1v) is 5.03. The Labute approximate surface area is 89.4 Å². The Balaban J connectivity index is 2.61. The van der Waals surface area contributed by atoms with Crippen LogP contribution in [0.4, 0.5) is 0 Å². The van der Waals surface area contributed by atoms with E-state index in [1.54, 1.807) is 4.68 Å². The topological polar surface area (TPSA) is 57.0 Å². The number of carbonyl (C=O) groups excluding carboxylic acids is 1. The SMILES string of the molecule is COC(=O)[C@@H](C)Cc1cn(C(C)C)nn1. The lowest BCUT2D eigenvalue weighted by atomic mass is 10.1. The zero-order valence-electron chi connectivity index (χ0n) is 9.60. The van der Waals surface area contributed by atoms with Gasteiger partial charge < -0.3 is 4.74 Å². The van der Waals surface area contributed by atoms with Crippen LogP contribution in [0.1, 0.15) is 32.5 Å². The monoisotopic (exact) mass is 211 g/mol. The molecule has 0 unspecified atom stereocenters. The molecule has 1 aromatic rings. The van der Waals surface area contributed by atoms with Crippen LogP contribution in [0.15, 0.2) is 6.20 Å². The standard InChI is InChI=1S/C10H17N3O2/c1-7(2)13-6-9(11-12-13)5-8(3)10(14)15-4/h6-8H,5H2,1-4H3/t8-/m0/s1. The molecule has 0 fully saturated rings. The van der Waals surface area contributed by atoms with Crippen LogP contribution in [0.2, 0.25) is 0 Å². The Morgan fingerprint density at radius 3 is 2.67 bits per heavy atom. The predicted molar refractivity (Wildman–Crippen MR) is 55.3 cm³/mol. The quantitative estimate of drug-likeness (QED) is 0.702. The number of nitrogens with zero attached hydrogens (tertiary/aromatic N) is 3. The molecule has 0 spiro atoms. The van der Waals surface area contributed by atoms with E-state index in [1.165, 1.54) is 7.11 Å². The van der Waals surface area contributed by atoms with Gasteiger partial charge in [-0.3, -0.25) is 4.79 Å². The Morgan fingerprint density at radius 2 is 2.20 bits per heavy atom. The summed E-state index contributed by atoms with van der Waals surface area (Å²) in [4.78, 5) is 11.2. The summed E-state index contributed by atoms with van der Waals surface area (Å²) in [5.41, 5.74) is 0.821. The van der Waals surface area contributed by atoms with E-state index < -0.39 is 0 Å². The first-order valence-electron chi connectivity index (χ1n) is 5.03. The van der Waals surface area contributed by atoms with Crippen molar-refractivity contribution in [3.63, 3.8) is 0 Å². The highest BCUT2D eigenvalue weighted by Crippen LogP contribution is 2.09. The van der Waals surface area contributed by atoms with Gasteiger partial charge in [-0.25, -0.2) is 4.68 Å². The minimum atomic E-state index is -0.214. The van der Waals surface area contributed by atoms with Gasteiger partial charge in [-0.15, -0.1) is 5.10 Å². The fourth-order valence-corrected chi connectivity index (χ4v) is 1.26. The zero-order valence-corrected chi connectivity index (χ0v) is 9.60. The maximum Gasteiger partial charge on any atom is 0.308 e. The Bertz CT molecular complexity index is 333. The van der Waals surface area contributed by atoms with E-state index in [4.69, 9.17) is 0 Å². The molecule has 0 saturated carbocycles. The van der Waals surface area contributed by atoms with Crippen molar-refractivity contribution in [3.05, 3.63) is 11.9 Å². The summed E-state index contributed by atoms with van der Waals surface area (Å²) in [5, 5.41) is 7.97. The molecule has 0 aliphatic heterocycles. The van der Waals surface area contributed by atoms with Crippen LogP contribution in [0.5, 0.6) is 0 Å². The van der Waals surface area contributed by atoms with Crippen molar-refractivity contribution in [2.45, 2.75) is 33.2 Å². The number of ether oxygens (including phenoxy) is 1. The number of aromatic nitrogens is 3. The van der Waals surface area contributed by atoms with Gasteiger partial charge >= 0.3 is 5.97 Å². The summed E-state index contributed by atoms with van der Waals surface area (Å²) in [6, 6.07) is 0.291. The number of rotatable bonds is 4. The van der Waals surface area contributed by atoms with Gasteiger partial charge in [-0.05, 0) is 13.8 Å². The second-order valence-electron chi connectivity index (χ2n) is 3.91. The van der Waals surface area contributed by atoms with Crippen LogP contribution < -0.4 is 0 Å². The van der Waals surface area contributed by atoms with Crippen molar-refractivity contribution in [2.24, 2.45) is 5.92 Å². The first-order chi connectivity index (χ1) is 7.04. The fraction of sp³-hybridized carbons (Fsp3) is 0.700. The molecule has 1 atom stereocenters. The van der Waals surface area contributed by atoms with E-state index in [9.17, 15) is 4.79 Å².